The van der Waals surface area contributed by atoms with Crippen molar-refractivity contribution in [1.29, 1.82) is 0 Å². The zero-order chi connectivity index (χ0) is 19.0. The van der Waals surface area contributed by atoms with E-state index in [4.69, 9.17) is 0 Å². The highest BCUT2D eigenvalue weighted by Gasteiger charge is 2.42. The molecule has 2 aromatic carbocycles. The molecule has 2 aliphatic carbocycles. The molecule has 1 fully saturated rings. The SMILES string of the molecule is O=C(NC(=O)c1c(O)cccc1O)NC1c2ccccc2C2CCCCC21. The van der Waals surface area contributed by atoms with Crippen LogP contribution < -0.4 is 10.6 Å². The number of rotatable bonds is 2. The first-order chi connectivity index (χ1) is 13.1. The second-order valence-electron chi connectivity index (χ2n) is 7.26. The molecule has 3 atom stereocenters. The van der Waals surface area contributed by atoms with Crippen LogP contribution in [0.3, 0.4) is 0 Å². The molecule has 27 heavy (non-hydrogen) atoms. The molecule has 140 valence electrons. The van der Waals surface area contributed by atoms with Gasteiger partial charge in [-0.15, -0.1) is 0 Å². The Morgan fingerprint density at radius 1 is 0.889 bits per heavy atom. The molecule has 0 bridgehead atoms. The first kappa shape index (κ1) is 17.4. The van der Waals surface area contributed by atoms with E-state index < -0.39 is 11.9 Å². The highest BCUT2D eigenvalue weighted by molar-refractivity contribution is 6.07. The zero-order valence-corrected chi connectivity index (χ0v) is 14.8. The van der Waals surface area contributed by atoms with Gasteiger partial charge in [0, 0.05) is 0 Å². The minimum Gasteiger partial charge on any atom is -0.507 e. The van der Waals surface area contributed by atoms with Gasteiger partial charge in [-0.1, -0.05) is 43.2 Å². The normalized spacial score (nSPS) is 23.2. The molecule has 0 radical (unpaired) electrons. The third-order valence-corrected chi connectivity index (χ3v) is 5.74. The van der Waals surface area contributed by atoms with E-state index in [1.165, 1.54) is 30.2 Å². The summed E-state index contributed by atoms with van der Waals surface area (Å²) in [4.78, 5) is 24.8. The van der Waals surface area contributed by atoms with Crippen molar-refractivity contribution in [3.05, 3.63) is 59.2 Å². The number of nitrogens with one attached hydrogen (secondary N) is 2. The Morgan fingerprint density at radius 2 is 1.56 bits per heavy atom. The lowest BCUT2D eigenvalue weighted by Gasteiger charge is -2.30. The molecule has 2 aliphatic rings. The maximum Gasteiger partial charge on any atom is 0.322 e. The molecule has 4 rings (SSSR count). The van der Waals surface area contributed by atoms with E-state index in [0.29, 0.717) is 11.8 Å². The molecule has 0 aliphatic heterocycles. The van der Waals surface area contributed by atoms with E-state index in [9.17, 15) is 19.8 Å². The van der Waals surface area contributed by atoms with E-state index in [1.807, 2.05) is 18.2 Å². The van der Waals surface area contributed by atoms with E-state index in [0.717, 1.165) is 24.8 Å². The Labute approximate surface area is 157 Å². The summed E-state index contributed by atoms with van der Waals surface area (Å²) in [6, 6.07) is 11.4. The molecule has 0 aromatic heterocycles. The Kier molecular flexibility index (Phi) is 4.48. The largest absolute Gasteiger partial charge is 0.507 e. The predicted octanol–water partition coefficient (Wildman–Crippen LogP) is 3.57. The number of hydrogen-bond acceptors (Lipinski definition) is 4. The van der Waals surface area contributed by atoms with Crippen molar-refractivity contribution in [2.45, 2.75) is 37.6 Å². The zero-order valence-electron chi connectivity index (χ0n) is 14.8. The summed E-state index contributed by atoms with van der Waals surface area (Å²) in [5, 5.41) is 24.7. The molecule has 0 saturated heterocycles. The highest BCUT2D eigenvalue weighted by atomic mass is 16.3. The van der Waals surface area contributed by atoms with Crippen LogP contribution in [0.4, 0.5) is 4.79 Å². The smallest absolute Gasteiger partial charge is 0.322 e. The summed E-state index contributed by atoms with van der Waals surface area (Å²) >= 11 is 0. The van der Waals surface area contributed by atoms with Gasteiger partial charge in [0.25, 0.3) is 5.91 Å². The molecular weight excluding hydrogens is 344 g/mol. The molecule has 1 saturated carbocycles. The fraction of sp³-hybridized carbons (Fsp3) is 0.333. The van der Waals surface area contributed by atoms with Gasteiger partial charge >= 0.3 is 6.03 Å². The molecule has 3 amide bonds. The second kappa shape index (κ2) is 6.95. The second-order valence-corrected chi connectivity index (χ2v) is 7.26. The van der Waals surface area contributed by atoms with Crippen molar-refractivity contribution in [1.82, 2.24) is 10.6 Å². The first-order valence-corrected chi connectivity index (χ1v) is 9.28. The Morgan fingerprint density at radius 3 is 2.30 bits per heavy atom. The van der Waals surface area contributed by atoms with Crippen molar-refractivity contribution in [3.63, 3.8) is 0 Å². The topological polar surface area (TPSA) is 98.7 Å². The monoisotopic (exact) mass is 366 g/mol. The van der Waals surface area contributed by atoms with Crippen LogP contribution in [0.25, 0.3) is 0 Å². The summed E-state index contributed by atoms with van der Waals surface area (Å²) in [5.74, 6) is -0.819. The summed E-state index contributed by atoms with van der Waals surface area (Å²) < 4.78 is 0. The third-order valence-electron chi connectivity index (χ3n) is 5.74. The van der Waals surface area contributed by atoms with E-state index >= 15 is 0 Å². The number of phenolic OH excluding ortho intramolecular Hbond substituents is 2. The van der Waals surface area contributed by atoms with Crippen LogP contribution in [-0.4, -0.2) is 22.2 Å². The Balaban J connectivity index is 1.52. The number of carbonyl (C=O) groups excluding carboxylic acids is 2. The van der Waals surface area contributed by atoms with Gasteiger partial charge in [-0.05, 0) is 47.9 Å². The molecule has 4 N–H and O–H groups in total. The number of imide groups is 1. The van der Waals surface area contributed by atoms with Crippen LogP contribution in [0.1, 0.15) is 59.1 Å². The summed E-state index contributed by atoms with van der Waals surface area (Å²) in [5.41, 5.74) is 2.09. The maximum absolute atomic E-state index is 12.5. The van der Waals surface area contributed by atoms with Gasteiger partial charge in [0.15, 0.2) is 0 Å². The van der Waals surface area contributed by atoms with Gasteiger partial charge in [0.1, 0.15) is 17.1 Å². The predicted molar refractivity (Wildman–Crippen MR) is 99.7 cm³/mol. The third kappa shape index (κ3) is 3.12. The van der Waals surface area contributed by atoms with Gasteiger partial charge in [-0.25, -0.2) is 4.79 Å². The Hall–Kier alpha value is -3.02. The molecule has 3 unspecified atom stereocenters. The van der Waals surface area contributed by atoms with Crippen molar-refractivity contribution in [3.8, 4) is 11.5 Å². The molecule has 0 spiro atoms. The number of phenols is 2. The average Bonchev–Trinajstić information content (AvgIpc) is 2.96. The molecule has 6 nitrogen and oxygen atoms in total. The van der Waals surface area contributed by atoms with Crippen molar-refractivity contribution in [2.24, 2.45) is 5.92 Å². The van der Waals surface area contributed by atoms with Crippen LogP contribution in [0, 0.1) is 5.92 Å². The number of aromatic hydroxyl groups is 2. The average molecular weight is 366 g/mol. The number of benzene rings is 2. The number of amides is 3. The summed E-state index contributed by atoms with van der Waals surface area (Å²) in [6.07, 6.45) is 4.49. The number of carbonyl (C=O) groups is 2. The standard InChI is InChI=1S/C21H22N2O4/c24-16-10-5-11-17(25)18(16)20(26)23-21(27)22-19-14-8-3-1-6-12(14)13-7-2-4-9-15(13)19/h1,3,5-6,8,10-11,13,15,19,24-25H,2,4,7,9H2,(H2,22,23,26,27). The lowest BCUT2D eigenvalue weighted by molar-refractivity contribution is 0.0957. The lowest BCUT2D eigenvalue weighted by atomic mass is 9.78. The fourth-order valence-corrected chi connectivity index (χ4v) is 4.60. The van der Waals surface area contributed by atoms with Crippen LogP contribution in [0.5, 0.6) is 11.5 Å². The van der Waals surface area contributed by atoms with E-state index in [1.54, 1.807) is 0 Å². The maximum atomic E-state index is 12.5. The fourth-order valence-electron chi connectivity index (χ4n) is 4.60. The molecule has 2 aromatic rings. The Bertz CT molecular complexity index is 875. The first-order valence-electron chi connectivity index (χ1n) is 9.28. The van der Waals surface area contributed by atoms with Crippen LogP contribution in [0.15, 0.2) is 42.5 Å². The molecular formula is C21H22N2O4. The van der Waals surface area contributed by atoms with Crippen molar-refractivity contribution < 1.29 is 19.8 Å². The lowest BCUT2D eigenvalue weighted by Crippen LogP contribution is -2.42. The van der Waals surface area contributed by atoms with Crippen LogP contribution >= 0.6 is 0 Å². The van der Waals surface area contributed by atoms with Crippen LogP contribution in [-0.2, 0) is 0 Å². The van der Waals surface area contributed by atoms with Gasteiger partial charge in [-0.3, -0.25) is 10.1 Å². The van der Waals surface area contributed by atoms with Crippen molar-refractivity contribution >= 4 is 11.9 Å². The van der Waals surface area contributed by atoms with Gasteiger partial charge in [-0.2, -0.15) is 0 Å². The van der Waals surface area contributed by atoms with Gasteiger partial charge < -0.3 is 15.5 Å². The number of fused-ring (bicyclic) bond motifs is 3. The van der Waals surface area contributed by atoms with Crippen LogP contribution in [0.2, 0.25) is 0 Å². The summed E-state index contributed by atoms with van der Waals surface area (Å²) in [7, 11) is 0. The van der Waals surface area contributed by atoms with E-state index in [2.05, 4.69) is 16.7 Å². The number of hydrogen-bond donors (Lipinski definition) is 4. The quantitative estimate of drug-likeness (QED) is 0.653. The van der Waals surface area contributed by atoms with E-state index in [-0.39, 0.29) is 23.1 Å². The minimum atomic E-state index is -0.838. The highest BCUT2D eigenvalue weighted by Crippen LogP contribution is 2.52. The number of urea groups is 1. The van der Waals surface area contributed by atoms with Gasteiger partial charge in [0.05, 0.1) is 6.04 Å². The summed E-state index contributed by atoms with van der Waals surface area (Å²) in [6.45, 7) is 0. The minimum absolute atomic E-state index is 0.141. The molecule has 6 heteroatoms. The van der Waals surface area contributed by atoms with Crippen molar-refractivity contribution in [2.75, 3.05) is 0 Å². The molecule has 0 heterocycles. The van der Waals surface area contributed by atoms with Gasteiger partial charge in [0.2, 0.25) is 0 Å².